The van der Waals surface area contributed by atoms with Crippen LogP contribution in [-0.4, -0.2) is 20.4 Å². The van der Waals surface area contributed by atoms with Gasteiger partial charge in [0.25, 0.3) is 11.3 Å². The molecule has 0 aromatic rings. The van der Waals surface area contributed by atoms with Crippen molar-refractivity contribution in [2.45, 2.75) is 0 Å². The van der Waals surface area contributed by atoms with E-state index in [9.17, 15) is 12.6 Å². The van der Waals surface area contributed by atoms with E-state index in [4.69, 9.17) is 16.3 Å². The van der Waals surface area contributed by atoms with Gasteiger partial charge in [-0.2, -0.15) is 8.42 Å². The number of hydrogen-bond donors (Lipinski definition) is 2. The van der Waals surface area contributed by atoms with Crippen LogP contribution in [-0.2, 0) is 21.5 Å². The van der Waals surface area contributed by atoms with Crippen LogP contribution in [0.3, 0.4) is 0 Å². The van der Waals surface area contributed by atoms with Crippen LogP contribution < -0.4 is 4.24 Å². The van der Waals surface area contributed by atoms with Crippen molar-refractivity contribution in [3.8, 4) is 0 Å². The lowest BCUT2D eigenvalue weighted by molar-refractivity contribution is 0.529. The third-order valence-corrected chi connectivity index (χ3v) is 3.68. The van der Waals surface area contributed by atoms with Crippen LogP contribution in [0.4, 0.5) is 0 Å². The summed E-state index contributed by atoms with van der Waals surface area (Å²) in [5.74, 6) is 0. The van der Waals surface area contributed by atoms with Gasteiger partial charge in [0.05, 0.1) is 0 Å². The summed E-state index contributed by atoms with van der Waals surface area (Å²) in [5, 5.41) is 0. The topological polar surface area (TPSA) is 86.7 Å². The molecule has 0 aliphatic rings. The molecule has 0 aromatic carbocycles. The molecule has 0 aliphatic heterocycles. The lowest BCUT2D eigenvalue weighted by Crippen LogP contribution is -2.30. The van der Waals surface area contributed by atoms with Gasteiger partial charge in [0.1, 0.15) is 0 Å². The highest BCUT2D eigenvalue weighted by molar-refractivity contribution is 8.00. The quantitative estimate of drug-likeness (QED) is 0.507. The lowest BCUT2D eigenvalue weighted by Gasteiger charge is -2.04. The first-order valence-corrected chi connectivity index (χ1v) is 4.83. The fourth-order valence-corrected chi connectivity index (χ4v) is 1.49. The number of hydrogen-bond acceptors (Lipinski definition) is 3. The third-order valence-electron chi connectivity index (χ3n) is 0.409. The minimum atomic E-state index is -4.23. The zero-order chi connectivity index (χ0) is 8.36. The highest BCUT2D eigenvalue weighted by Crippen LogP contribution is 2.04. The van der Waals surface area contributed by atoms with Crippen LogP contribution in [0.1, 0.15) is 0 Å². The van der Waals surface area contributed by atoms with Crippen LogP contribution in [0.2, 0.25) is 0 Å². The highest BCUT2D eigenvalue weighted by Gasteiger charge is 2.23. The van der Waals surface area contributed by atoms with Crippen LogP contribution in [0, 0.1) is 0 Å². The Balaban J connectivity index is 4.51. The molecule has 0 fully saturated rings. The van der Waals surface area contributed by atoms with Gasteiger partial charge in [0, 0.05) is 15.0 Å². The minimum absolute atomic E-state index is 0.361. The molecule has 0 bridgehead atoms. The molecule has 0 rings (SSSR count). The van der Waals surface area contributed by atoms with E-state index < -0.39 is 21.5 Å². The summed E-state index contributed by atoms with van der Waals surface area (Å²) in [6, 6.07) is 0. The molecule has 1 atom stereocenters. The van der Waals surface area contributed by atoms with E-state index in [1.165, 1.54) is 4.24 Å². The molecule has 0 aromatic heterocycles. The van der Waals surface area contributed by atoms with Gasteiger partial charge < -0.3 is 0 Å². The maximum atomic E-state index is 10.3. The molecule has 0 saturated carbocycles. The summed E-state index contributed by atoms with van der Waals surface area (Å²) in [7, 11) is -4.23. The largest absolute Gasteiger partial charge is 0.320 e. The van der Waals surface area contributed by atoms with Crippen molar-refractivity contribution in [2.24, 2.45) is 0 Å². The van der Waals surface area contributed by atoms with Crippen molar-refractivity contribution in [3.63, 3.8) is 0 Å². The number of nitrogens with one attached hydrogen (secondary N) is 1. The summed E-state index contributed by atoms with van der Waals surface area (Å²) in [6.07, 6.45) is 0. The Hall–Kier alpha value is 0.560. The molecular formula is H2Cl2N2O4S2. The Labute approximate surface area is 69.9 Å². The van der Waals surface area contributed by atoms with E-state index in [0.29, 0.717) is 0 Å². The number of halogens is 2. The van der Waals surface area contributed by atoms with E-state index in [1.54, 1.807) is 0 Å². The van der Waals surface area contributed by atoms with Gasteiger partial charge in [0.2, 0.25) is 0 Å². The van der Waals surface area contributed by atoms with Crippen molar-refractivity contribution < 1.29 is 17.2 Å². The standard InChI is InChI=1S/Cl2H2N2O4S2/c1-3-10(7,8)4(2)9(5)6/h3H,(H,5,6). The average molecular weight is 229 g/mol. The van der Waals surface area contributed by atoms with Gasteiger partial charge in [-0.3, -0.25) is 4.55 Å². The Kier molecular flexibility index (Phi) is 4.02. The van der Waals surface area contributed by atoms with Crippen LogP contribution >= 0.6 is 23.6 Å². The second-order valence-corrected chi connectivity index (χ2v) is 4.72. The zero-order valence-corrected chi connectivity index (χ0v) is 7.34. The van der Waals surface area contributed by atoms with Crippen molar-refractivity contribution in [1.82, 2.24) is 7.47 Å². The second-order valence-electron chi connectivity index (χ2n) is 0.995. The first kappa shape index (κ1) is 10.6. The molecule has 62 valence electrons. The third kappa shape index (κ3) is 2.66. The molecule has 1 unspecified atom stereocenters. The smallest absolute Gasteiger partial charge is 0.292 e. The van der Waals surface area contributed by atoms with Gasteiger partial charge in [0.15, 0.2) is 0 Å². The number of nitrogens with zero attached hydrogens (tertiary/aromatic N) is 1. The summed E-state index contributed by atoms with van der Waals surface area (Å²) in [5.41, 5.74) is 0. The number of rotatable bonds is 3. The summed E-state index contributed by atoms with van der Waals surface area (Å²) < 4.78 is 39.5. The maximum Gasteiger partial charge on any atom is 0.320 e. The zero-order valence-electron chi connectivity index (χ0n) is 4.19. The van der Waals surface area contributed by atoms with E-state index in [-0.39, 0.29) is 3.23 Å². The highest BCUT2D eigenvalue weighted by atomic mass is 35.5. The SMILES string of the molecule is O=S(O)N(Cl)S(=O)(=O)NCl. The maximum absolute atomic E-state index is 10.3. The molecule has 0 amide bonds. The Morgan fingerprint density at radius 2 is 2.00 bits per heavy atom. The van der Waals surface area contributed by atoms with Gasteiger partial charge in [-0.1, -0.05) is 0 Å². The molecule has 2 N–H and O–H groups in total. The Morgan fingerprint density at radius 1 is 1.60 bits per heavy atom. The molecule has 6 nitrogen and oxygen atoms in total. The lowest BCUT2D eigenvalue weighted by atomic mass is 13.8. The fourth-order valence-electron chi connectivity index (χ4n) is 0.111. The summed E-state index contributed by atoms with van der Waals surface area (Å²) >= 11 is 6.56. The van der Waals surface area contributed by atoms with Crippen LogP contribution in [0.5, 0.6) is 0 Å². The fraction of sp³-hybridized carbons (Fsp3) is 0. The molecule has 10 heavy (non-hydrogen) atoms. The normalized spacial score (nSPS) is 15.6. The van der Waals surface area contributed by atoms with Gasteiger partial charge in [-0.25, -0.2) is 4.21 Å². The molecule has 0 radical (unpaired) electrons. The predicted molar refractivity (Wildman–Crippen MR) is 36.4 cm³/mol. The Morgan fingerprint density at radius 3 is 2.10 bits per heavy atom. The van der Waals surface area contributed by atoms with Crippen molar-refractivity contribution in [1.29, 1.82) is 0 Å². The van der Waals surface area contributed by atoms with E-state index >= 15 is 0 Å². The first-order chi connectivity index (χ1) is 4.41. The van der Waals surface area contributed by atoms with E-state index in [0.717, 1.165) is 0 Å². The molecule has 0 spiro atoms. The first-order valence-electron chi connectivity index (χ1n) is 1.61. The summed E-state index contributed by atoms with van der Waals surface area (Å²) in [4.78, 5) is 0. The Bertz CT molecular complexity index is 221. The predicted octanol–water partition coefficient (Wildman–Crippen LogP) is -0.433. The van der Waals surface area contributed by atoms with Crippen molar-refractivity contribution in [3.05, 3.63) is 0 Å². The monoisotopic (exact) mass is 228 g/mol. The van der Waals surface area contributed by atoms with Crippen molar-refractivity contribution in [2.75, 3.05) is 0 Å². The molecule has 10 heteroatoms. The van der Waals surface area contributed by atoms with Crippen LogP contribution in [0.15, 0.2) is 0 Å². The molecule has 0 heterocycles. The minimum Gasteiger partial charge on any atom is -0.292 e. The molecular weight excluding hydrogens is 227 g/mol. The molecule has 0 saturated heterocycles. The van der Waals surface area contributed by atoms with Gasteiger partial charge >= 0.3 is 10.2 Å². The molecule has 0 aliphatic carbocycles. The van der Waals surface area contributed by atoms with Gasteiger partial charge in [-0.05, 0) is 11.8 Å². The van der Waals surface area contributed by atoms with E-state index in [1.807, 2.05) is 0 Å². The van der Waals surface area contributed by atoms with Crippen molar-refractivity contribution >= 4 is 45.0 Å². The summed E-state index contributed by atoms with van der Waals surface area (Å²) in [6.45, 7) is 0. The van der Waals surface area contributed by atoms with Crippen LogP contribution in [0.25, 0.3) is 0 Å². The van der Waals surface area contributed by atoms with Gasteiger partial charge in [-0.15, -0.1) is 4.24 Å². The average Bonchev–Trinajstić information content (AvgIpc) is 1.86. The second kappa shape index (κ2) is 3.81. The van der Waals surface area contributed by atoms with E-state index in [2.05, 4.69) is 11.8 Å².